The van der Waals surface area contributed by atoms with Crippen LogP contribution in [0.5, 0.6) is 0 Å². The molecule has 3 nitrogen and oxygen atoms in total. The molecule has 0 radical (unpaired) electrons. The van der Waals surface area contributed by atoms with Crippen LogP contribution in [0.3, 0.4) is 0 Å². The number of benzene rings is 9. The fraction of sp³-hybridized carbons (Fsp3) is 0. The number of para-hydroxylation sites is 1. The van der Waals surface area contributed by atoms with E-state index in [0.717, 1.165) is 50.3 Å². The third-order valence-electron chi connectivity index (χ3n) is 11.0. The van der Waals surface area contributed by atoms with Gasteiger partial charge in [0.25, 0.3) is 0 Å². The Hall–Kier alpha value is -7.36. The zero-order chi connectivity index (χ0) is 36.3. The first kappa shape index (κ1) is 31.2. The van der Waals surface area contributed by atoms with Gasteiger partial charge in [-0.25, -0.2) is 0 Å². The molecule has 0 aliphatic heterocycles. The van der Waals surface area contributed by atoms with Crippen LogP contribution in [0.4, 0.5) is 17.1 Å². The van der Waals surface area contributed by atoms with Crippen LogP contribution in [0.1, 0.15) is 0 Å². The van der Waals surface area contributed by atoms with Crippen molar-refractivity contribution in [2.45, 2.75) is 0 Å². The van der Waals surface area contributed by atoms with E-state index < -0.39 is 0 Å². The van der Waals surface area contributed by atoms with Gasteiger partial charge in [-0.05, 0) is 99.8 Å². The van der Waals surface area contributed by atoms with Crippen LogP contribution >= 0.6 is 0 Å². The standard InChI is InChI=1S/C52H34N2O/c1-3-13-35(14-4-1)38-18-11-19-41(33-38)53(42-30-31-46-45-21-9-10-24-49(45)55-50(46)34-42)39-26-28-40(29-27-39)54-47-23-12-22-44(36-15-5-2-6-16-36)51(47)52-43-20-8-7-17-37(43)25-32-48(52)54/h1-34H. The highest BCUT2D eigenvalue weighted by Gasteiger charge is 2.20. The van der Waals surface area contributed by atoms with Crippen LogP contribution in [-0.2, 0) is 0 Å². The number of anilines is 3. The van der Waals surface area contributed by atoms with E-state index in [1.165, 1.54) is 49.3 Å². The minimum atomic E-state index is 0.867. The first-order valence-corrected chi connectivity index (χ1v) is 18.8. The summed E-state index contributed by atoms with van der Waals surface area (Å²) in [5, 5.41) is 7.27. The summed E-state index contributed by atoms with van der Waals surface area (Å²) in [6.07, 6.45) is 0. The summed E-state index contributed by atoms with van der Waals surface area (Å²) < 4.78 is 8.82. The Morgan fingerprint density at radius 1 is 0.364 bits per heavy atom. The van der Waals surface area contributed by atoms with Gasteiger partial charge in [-0.15, -0.1) is 0 Å². The van der Waals surface area contributed by atoms with Gasteiger partial charge in [0.1, 0.15) is 11.2 Å². The normalized spacial score (nSPS) is 11.6. The summed E-state index contributed by atoms with van der Waals surface area (Å²) in [6.45, 7) is 0. The van der Waals surface area contributed by atoms with Crippen LogP contribution < -0.4 is 4.90 Å². The molecule has 0 saturated carbocycles. The van der Waals surface area contributed by atoms with E-state index in [2.05, 4.69) is 204 Å². The van der Waals surface area contributed by atoms with Crippen LogP contribution in [0.15, 0.2) is 211 Å². The molecule has 0 aliphatic carbocycles. The van der Waals surface area contributed by atoms with Crippen LogP contribution in [0.25, 0.3) is 82.5 Å². The minimum Gasteiger partial charge on any atom is -0.456 e. The van der Waals surface area contributed by atoms with Gasteiger partial charge in [0, 0.05) is 50.4 Å². The number of rotatable bonds is 6. The molecule has 0 spiro atoms. The molecule has 0 atom stereocenters. The van der Waals surface area contributed by atoms with Gasteiger partial charge in [0.2, 0.25) is 0 Å². The van der Waals surface area contributed by atoms with Crippen molar-refractivity contribution < 1.29 is 4.42 Å². The zero-order valence-electron chi connectivity index (χ0n) is 29.9. The minimum absolute atomic E-state index is 0.867. The molecule has 2 heterocycles. The fourth-order valence-electron chi connectivity index (χ4n) is 8.47. The molecule has 0 bridgehead atoms. The van der Waals surface area contributed by atoms with E-state index in [1.54, 1.807) is 0 Å². The van der Waals surface area contributed by atoms with E-state index in [4.69, 9.17) is 4.42 Å². The van der Waals surface area contributed by atoms with Gasteiger partial charge in [-0.3, -0.25) is 0 Å². The van der Waals surface area contributed by atoms with Gasteiger partial charge in [-0.2, -0.15) is 0 Å². The predicted molar refractivity (Wildman–Crippen MR) is 231 cm³/mol. The Morgan fingerprint density at radius 3 is 1.84 bits per heavy atom. The van der Waals surface area contributed by atoms with Gasteiger partial charge in [0.05, 0.1) is 11.0 Å². The third kappa shape index (κ3) is 5.13. The first-order chi connectivity index (χ1) is 27.3. The Kier molecular flexibility index (Phi) is 7.17. The van der Waals surface area contributed by atoms with E-state index in [-0.39, 0.29) is 0 Å². The predicted octanol–water partition coefficient (Wildman–Crippen LogP) is 14.6. The Morgan fingerprint density at radius 2 is 1.00 bits per heavy atom. The molecule has 11 aromatic rings. The zero-order valence-corrected chi connectivity index (χ0v) is 29.9. The average Bonchev–Trinajstić information content (AvgIpc) is 3.81. The Labute approximate surface area is 318 Å². The van der Waals surface area contributed by atoms with Crippen molar-refractivity contribution in [2.24, 2.45) is 0 Å². The van der Waals surface area contributed by atoms with E-state index >= 15 is 0 Å². The number of furan rings is 1. The maximum Gasteiger partial charge on any atom is 0.137 e. The molecule has 0 N–H and O–H groups in total. The Bertz CT molecular complexity index is 3190. The molecule has 9 aromatic carbocycles. The molecule has 0 fully saturated rings. The summed E-state index contributed by atoms with van der Waals surface area (Å²) in [7, 11) is 0. The van der Waals surface area contributed by atoms with Crippen LogP contribution in [0, 0.1) is 0 Å². The van der Waals surface area contributed by atoms with Crippen molar-refractivity contribution in [3.8, 4) is 27.9 Å². The number of hydrogen-bond acceptors (Lipinski definition) is 2. The lowest BCUT2D eigenvalue weighted by Crippen LogP contribution is -2.10. The molecule has 258 valence electrons. The molecule has 2 aromatic heterocycles. The van der Waals surface area contributed by atoms with Gasteiger partial charge in [0.15, 0.2) is 0 Å². The van der Waals surface area contributed by atoms with Gasteiger partial charge < -0.3 is 13.9 Å². The molecule has 11 rings (SSSR count). The quantitative estimate of drug-likeness (QED) is 0.172. The molecular weight excluding hydrogens is 669 g/mol. The van der Waals surface area contributed by atoms with Crippen molar-refractivity contribution >= 4 is 71.6 Å². The second-order valence-corrected chi connectivity index (χ2v) is 14.1. The maximum absolute atomic E-state index is 6.40. The highest BCUT2D eigenvalue weighted by molar-refractivity contribution is 6.25. The van der Waals surface area contributed by atoms with Gasteiger partial charge in [-0.1, -0.05) is 133 Å². The largest absolute Gasteiger partial charge is 0.456 e. The smallest absolute Gasteiger partial charge is 0.137 e. The molecule has 0 amide bonds. The number of nitrogens with zero attached hydrogens (tertiary/aromatic N) is 2. The molecule has 0 unspecified atom stereocenters. The Balaban J connectivity index is 1.10. The number of fused-ring (bicyclic) bond motifs is 8. The summed E-state index contributed by atoms with van der Waals surface area (Å²) in [5.74, 6) is 0. The van der Waals surface area contributed by atoms with Crippen LogP contribution in [-0.4, -0.2) is 4.57 Å². The monoisotopic (exact) mass is 702 g/mol. The summed E-state index contributed by atoms with van der Waals surface area (Å²) in [6, 6.07) is 73.9. The van der Waals surface area contributed by atoms with Crippen molar-refractivity contribution in [3.63, 3.8) is 0 Å². The van der Waals surface area contributed by atoms with Crippen molar-refractivity contribution in [1.29, 1.82) is 0 Å². The topological polar surface area (TPSA) is 21.3 Å². The first-order valence-electron chi connectivity index (χ1n) is 18.8. The highest BCUT2D eigenvalue weighted by Crippen LogP contribution is 2.43. The molecule has 0 saturated heterocycles. The molecular formula is C52H34N2O. The van der Waals surface area contributed by atoms with Gasteiger partial charge >= 0.3 is 0 Å². The SMILES string of the molecule is c1ccc(-c2cccc(N(c3ccc(-n4c5cccc(-c6ccccc6)c5c5c6ccccc6ccc54)cc3)c3ccc4c(c3)oc3ccccc34)c2)cc1. The second-order valence-electron chi connectivity index (χ2n) is 14.1. The van der Waals surface area contributed by atoms with Crippen LogP contribution in [0.2, 0.25) is 0 Å². The molecule has 3 heteroatoms. The summed E-state index contributed by atoms with van der Waals surface area (Å²) >= 11 is 0. The highest BCUT2D eigenvalue weighted by atomic mass is 16.3. The van der Waals surface area contributed by atoms with Crippen molar-refractivity contribution in [3.05, 3.63) is 206 Å². The summed E-state index contributed by atoms with van der Waals surface area (Å²) in [4.78, 5) is 2.33. The van der Waals surface area contributed by atoms with Crippen molar-refractivity contribution in [1.82, 2.24) is 4.57 Å². The number of hydrogen-bond donors (Lipinski definition) is 0. The number of aromatic nitrogens is 1. The average molecular weight is 703 g/mol. The lowest BCUT2D eigenvalue weighted by Gasteiger charge is -2.26. The molecule has 55 heavy (non-hydrogen) atoms. The van der Waals surface area contributed by atoms with E-state index in [1.807, 2.05) is 12.1 Å². The lowest BCUT2D eigenvalue weighted by atomic mass is 9.97. The summed E-state index contributed by atoms with van der Waals surface area (Å²) in [5.41, 5.74) is 13.2. The molecule has 0 aliphatic rings. The maximum atomic E-state index is 6.40. The lowest BCUT2D eigenvalue weighted by molar-refractivity contribution is 0.669. The fourth-order valence-corrected chi connectivity index (χ4v) is 8.47. The van der Waals surface area contributed by atoms with E-state index in [0.29, 0.717) is 0 Å². The van der Waals surface area contributed by atoms with Crippen molar-refractivity contribution in [2.75, 3.05) is 4.90 Å². The van der Waals surface area contributed by atoms with E-state index in [9.17, 15) is 0 Å². The second kappa shape index (κ2) is 12.6. The third-order valence-corrected chi connectivity index (χ3v) is 11.0.